The maximum Gasteiger partial charge on any atom is 0.337 e. The average molecular weight is 657 g/mol. The number of halogens is 2. The monoisotopic (exact) mass is 656 g/mol. The van der Waals surface area contributed by atoms with Gasteiger partial charge in [0.25, 0.3) is 0 Å². The first-order valence-corrected chi connectivity index (χ1v) is 16.6. The highest BCUT2D eigenvalue weighted by Gasteiger charge is 2.37. The summed E-state index contributed by atoms with van der Waals surface area (Å²) >= 11 is 0. The summed E-state index contributed by atoms with van der Waals surface area (Å²) in [4.78, 5) is 20.3. The van der Waals surface area contributed by atoms with Gasteiger partial charge >= 0.3 is 5.97 Å². The molecule has 0 bridgehead atoms. The van der Waals surface area contributed by atoms with Gasteiger partial charge in [-0.25, -0.2) is 13.6 Å². The molecular formula is C40H46F2N2O4. The number of anilines is 1. The molecule has 2 heterocycles. The fourth-order valence-electron chi connectivity index (χ4n) is 6.21. The van der Waals surface area contributed by atoms with Gasteiger partial charge in [-0.3, -0.25) is 4.98 Å². The summed E-state index contributed by atoms with van der Waals surface area (Å²) in [5, 5.41) is 10.6. The van der Waals surface area contributed by atoms with Gasteiger partial charge in [0.1, 0.15) is 17.4 Å². The zero-order chi connectivity index (χ0) is 34.6. The van der Waals surface area contributed by atoms with Crippen LogP contribution in [0.1, 0.15) is 81.6 Å². The van der Waals surface area contributed by atoms with Crippen LogP contribution in [0.4, 0.5) is 14.5 Å². The van der Waals surface area contributed by atoms with Crippen molar-refractivity contribution in [3.63, 3.8) is 0 Å². The van der Waals surface area contributed by atoms with Crippen molar-refractivity contribution in [2.24, 2.45) is 5.41 Å². The standard InChI is InChI=1S/C40H46F2N2O4/c1-26-34(37(38(45)46)48-39(2,3)4)36(44-22-20-40(5,6)21-23-44)35(33(43-26)25-28-9-15-31(42)16-10-28)29-11-17-32(18-12-29)47-24-19-27-7-13-30(41)14-8-27/h7-18,37H,19-25H2,1-6H3,(H,45,46)/t37-/m0/s1. The van der Waals surface area contributed by atoms with Gasteiger partial charge in [0.05, 0.1) is 23.6 Å². The van der Waals surface area contributed by atoms with Crippen LogP contribution in [-0.2, 0) is 22.4 Å². The number of carboxylic acid groups (broad SMARTS) is 1. The fourth-order valence-corrected chi connectivity index (χ4v) is 6.21. The van der Waals surface area contributed by atoms with E-state index in [0.717, 1.165) is 59.6 Å². The number of aromatic nitrogens is 1. The van der Waals surface area contributed by atoms with E-state index in [0.29, 0.717) is 36.5 Å². The number of hydrogen-bond donors (Lipinski definition) is 1. The molecule has 5 rings (SSSR count). The number of rotatable bonds is 11. The molecule has 0 spiro atoms. The van der Waals surface area contributed by atoms with Crippen molar-refractivity contribution in [2.75, 3.05) is 24.6 Å². The number of ether oxygens (including phenoxy) is 2. The maximum absolute atomic E-state index is 13.9. The molecule has 1 fully saturated rings. The average Bonchev–Trinajstić information content (AvgIpc) is 3.02. The molecule has 1 atom stereocenters. The van der Waals surface area contributed by atoms with E-state index in [1.807, 2.05) is 52.0 Å². The van der Waals surface area contributed by atoms with Crippen LogP contribution in [0, 0.1) is 24.0 Å². The Morgan fingerprint density at radius 3 is 2.02 bits per heavy atom. The van der Waals surface area contributed by atoms with Gasteiger partial charge in [0, 0.05) is 42.8 Å². The highest BCUT2D eigenvalue weighted by atomic mass is 19.1. The molecular weight excluding hydrogens is 610 g/mol. The molecule has 1 N–H and O–H groups in total. The molecule has 8 heteroatoms. The molecule has 1 aliphatic rings. The molecule has 0 saturated carbocycles. The zero-order valence-electron chi connectivity index (χ0n) is 28.8. The molecule has 0 amide bonds. The largest absolute Gasteiger partial charge is 0.493 e. The third-order valence-corrected chi connectivity index (χ3v) is 8.86. The first-order chi connectivity index (χ1) is 22.7. The number of carbonyl (C=O) groups is 1. The Bertz CT molecular complexity index is 1700. The van der Waals surface area contributed by atoms with E-state index in [2.05, 4.69) is 18.7 Å². The second-order valence-corrected chi connectivity index (χ2v) is 14.4. The number of carboxylic acids is 1. The molecule has 1 saturated heterocycles. The van der Waals surface area contributed by atoms with Gasteiger partial charge < -0.3 is 19.5 Å². The lowest BCUT2D eigenvalue weighted by atomic mass is 9.81. The van der Waals surface area contributed by atoms with Gasteiger partial charge in [-0.05, 0) is 99.0 Å². The minimum absolute atomic E-state index is 0.164. The Labute approximate surface area is 282 Å². The quantitative estimate of drug-likeness (QED) is 0.174. The van der Waals surface area contributed by atoms with Crippen LogP contribution in [0.3, 0.4) is 0 Å². The Morgan fingerprint density at radius 2 is 1.48 bits per heavy atom. The van der Waals surface area contributed by atoms with E-state index in [-0.39, 0.29) is 17.0 Å². The van der Waals surface area contributed by atoms with Gasteiger partial charge in [-0.15, -0.1) is 0 Å². The summed E-state index contributed by atoms with van der Waals surface area (Å²) in [6.45, 7) is 13.9. The summed E-state index contributed by atoms with van der Waals surface area (Å²) < 4.78 is 39.5. The van der Waals surface area contributed by atoms with E-state index in [1.54, 1.807) is 24.3 Å². The van der Waals surface area contributed by atoms with Gasteiger partial charge in [-0.1, -0.05) is 50.2 Å². The van der Waals surface area contributed by atoms with Crippen LogP contribution in [0.15, 0.2) is 72.8 Å². The first-order valence-electron chi connectivity index (χ1n) is 16.6. The molecule has 4 aromatic rings. The lowest BCUT2D eigenvalue weighted by Crippen LogP contribution is -2.39. The van der Waals surface area contributed by atoms with Gasteiger partial charge in [0.15, 0.2) is 6.10 Å². The summed E-state index contributed by atoms with van der Waals surface area (Å²) in [6.07, 6.45) is 1.71. The predicted octanol–water partition coefficient (Wildman–Crippen LogP) is 9.11. The lowest BCUT2D eigenvalue weighted by molar-refractivity contribution is -0.160. The van der Waals surface area contributed by atoms with Crippen molar-refractivity contribution in [3.8, 4) is 16.9 Å². The number of hydrogen-bond acceptors (Lipinski definition) is 5. The molecule has 0 unspecified atom stereocenters. The molecule has 0 aliphatic carbocycles. The Hall–Kier alpha value is -4.30. The molecule has 48 heavy (non-hydrogen) atoms. The maximum atomic E-state index is 13.9. The highest BCUT2D eigenvalue weighted by Crippen LogP contribution is 2.45. The van der Waals surface area contributed by atoms with Crippen LogP contribution in [-0.4, -0.2) is 41.4 Å². The molecule has 0 radical (unpaired) electrons. The van der Waals surface area contributed by atoms with Crippen molar-refractivity contribution in [2.45, 2.75) is 78.9 Å². The normalized spacial score (nSPS) is 15.3. The molecule has 1 aromatic heterocycles. The smallest absolute Gasteiger partial charge is 0.337 e. The fraction of sp³-hybridized carbons (Fsp3) is 0.400. The summed E-state index contributed by atoms with van der Waals surface area (Å²) in [5.74, 6) is -0.971. The third-order valence-electron chi connectivity index (χ3n) is 8.86. The number of aliphatic carboxylic acids is 1. The number of benzene rings is 3. The Kier molecular flexibility index (Phi) is 10.5. The summed E-state index contributed by atoms with van der Waals surface area (Å²) in [5.41, 5.74) is 5.74. The van der Waals surface area contributed by atoms with Crippen LogP contribution >= 0.6 is 0 Å². The number of pyridine rings is 1. The van der Waals surface area contributed by atoms with E-state index in [1.165, 1.54) is 24.3 Å². The lowest BCUT2D eigenvalue weighted by Gasteiger charge is -2.41. The number of aryl methyl sites for hydroxylation is 1. The highest BCUT2D eigenvalue weighted by molar-refractivity contribution is 5.88. The SMILES string of the molecule is Cc1nc(Cc2ccc(F)cc2)c(-c2ccc(OCCc3ccc(F)cc3)cc2)c(N2CCC(C)(C)CC2)c1[C@H](OC(C)(C)C)C(=O)O. The molecule has 1 aliphatic heterocycles. The van der Waals surface area contributed by atoms with Crippen molar-refractivity contribution in [3.05, 3.63) is 113 Å². The van der Waals surface area contributed by atoms with Crippen LogP contribution in [0.2, 0.25) is 0 Å². The van der Waals surface area contributed by atoms with Crippen molar-refractivity contribution < 1.29 is 28.2 Å². The second-order valence-electron chi connectivity index (χ2n) is 14.4. The summed E-state index contributed by atoms with van der Waals surface area (Å²) in [6, 6.07) is 20.6. The van der Waals surface area contributed by atoms with E-state index in [9.17, 15) is 18.7 Å². The topological polar surface area (TPSA) is 71.9 Å². The van der Waals surface area contributed by atoms with Crippen molar-refractivity contribution >= 4 is 11.7 Å². The van der Waals surface area contributed by atoms with E-state index >= 15 is 0 Å². The summed E-state index contributed by atoms with van der Waals surface area (Å²) in [7, 11) is 0. The zero-order valence-corrected chi connectivity index (χ0v) is 28.8. The van der Waals surface area contributed by atoms with Crippen LogP contribution in [0.5, 0.6) is 5.75 Å². The minimum Gasteiger partial charge on any atom is -0.493 e. The van der Waals surface area contributed by atoms with Gasteiger partial charge in [-0.2, -0.15) is 0 Å². The minimum atomic E-state index is -1.24. The van der Waals surface area contributed by atoms with E-state index < -0.39 is 17.7 Å². The van der Waals surface area contributed by atoms with Crippen molar-refractivity contribution in [1.82, 2.24) is 4.98 Å². The predicted molar refractivity (Wildman–Crippen MR) is 186 cm³/mol. The number of nitrogens with zero attached hydrogens (tertiary/aromatic N) is 2. The number of piperidine rings is 1. The molecule has 6 nitrogen and oxygen atoms in total. The second kappa shape index (κ2) is 14.4. The van der Waals surface area contributed by atoms with Crippen LogP contribution < -0.4 is 9.64 Å². The molecule has 3 aromatic carbocycles. The first kappa shape index (κ1) is 35.0. The Balaban J connectivity index is 1.62. The molecule has 254 valence electrons. The van der Waals surface area contributed by atoms with Crippen LogP contribution in [0.25, 0.3) is 11.1 Å². The van der Waals surface area contributed by atoms with Crippen molar-refractivity contribution in [1.29, 1.82) is 0 Å². The Morgan fingerprint density at radius 1 is 0.917 bits per heavy atom. The van der Waals surface area contributed by atoms with E-state index in [4.69, 9.17) is 14.5 Å². The van der Waals surface area contributed by atoms with Gasteiger partial charge in [0.2, 0.25) is 0 Å². The third kappa shape index (κ3) is 8.78.